The van der Waals surface area contributed by atoms with E-state index in [0.29, 0.717) is 12.0 Å². The summed E-state index contributed by atoms with van der Waals surface area (Å²) in [5, 5.41) is 14.8. The van der Waals surface area contributed by atoms with Crippen molar-refractivity contribution in [3.63, 3.8) is 0 Å². The zero-order chi connectivity index (χ0) is 24.2. The number of nitrogens with zero attached hydrogens (tertiary/aromatic N) is 4. The Bertz CT molecular complexity index is 1130. The smallest absolute Gasteiger partial charge is 0.339 e. The highest BCUT2D eigenvalue weighted by Gasteiger charge is 2.30. The van der Waals surface area contributed by atoms with Gasteiger partial charge < -0.3 is 9.42 Å². The molecule has 0 saturated carbocycles. The van der Waals surface area contributed by atoms with Crippen molar-refractivity contribution in [3.8, 4) is 11.4 Å². The Morgan fingerprint density at radius 1 is 1.21 bits per heavy atom. The molecule has 3 aromatic rings. The van der Waals surface area contributed by atoms with Gasteiger partial charge in [-0.1, -0.05) is 24.2 Å². The van der Waals surface area contributed by atoms with Gasteiger partial charge in [0, 0.05) is 42.3 Å². The summed E-state index contributed by atoms with van der Waals surface area (Å²) in [4.78, 5) is 29.2. The quantitative estimate of drug-likeness (QED) is 0.339. The number of hydrogen-bond acceptors (Lipinski definition) is 6. The second-order valence-corrected chi connectivity index (χ2v) is 7.40. The molecule has 11 heteroatoms. The summed E-state index contributed by atoms with van der Waals surface area (Å²) in [5.74, 6) is -0.000572. The van der Waals surface area contributed by atoms with Crippen LogP contribution in [0.15, 0.2) is 53.1 Å². The number of nitro groups is 1. The monoisotopic (exact) mass is 462 g/mol. The van der Waals surface area contributed by atoms with Crippen molar-refractivity contribution in [1.29, 1.82) is 0 Å². The van der Waals surface area contributed by atoms with E-state index < -0.39 is 22.6 Å². The lowest BCUT2D eigenvalue weighted by molar-refractivity contribution is -0.384. The fourth-order valence-electron chi connectivity index (χ4n) is 3.16. The minimum Gasteiger partial charge on any atom is -0.339 e. The topological polar surface area (TPSA) is 102 Å². The van der Waals surface area contributed by atoms with Gasteiger partial charge in [0.2, 0.25) is 11.7 Å². The number of halogens is 3. The van der Waals surface area contributed by atoms with Gasteiger partial charge >= 0.3 is 6.18 Å². The molecule has 0 radical (unpaired) electrons. The molecule has 0 aliphatic rings. The van der Waals surface area contributed by atoms with E-state index in [1.165, 1.54) is 18.2 Å². The van der Waals surface area contributed by atoms with E-state index in [2.05, 4.69) is 10.1 Å². The molecule has 2 aromatic carbocycles. The highest BCUT2D eigenvalue weighted by molar-refractivity contribution is 5.94. The Morgan fingerprint density at radius 3 is 2.52 bits per heavy atom. The second-order valence-electron chi connectivity index (χ2n) is 7.40. The van der Waals surface area contributed by atoms with Gasteiger partial charge in [-0.2, -0.15) is 18.2 Å². The fraction of sp³-hybridized carbons (Fsp3) is 0.318. The third-order valence-electron chi connectivity index (χ3n) is 5.19. The first kappa shape index (κ1) is 23.9. The lowest BCUT2D eigenvalue weighted by atomic mass is 10.1. The number of carbonyl (C=O) groups excluding carboxylic acids is 1. The molecule has 174 valence electrons. The number of aromatic nitrogens is 2. The molecule has 0 spiro atoms. The molecule has 0 bridgehead atoms. The first-order chi connectivity index (χ1) is 15.6. The minimum absolute atomic E-state index is 0.107. The van der Waals surface area contributed by atoms with Crippen molar-refractivity contribution in [2.24, 2.45) is 0 Å². The molecule has 1 aromatic heterocycles. The van der Waals surface area contributed by atoms with Crippen molar-refractivity contribution in [2.75, 3.05) is 6.54 Å². The van der Waals surface area contributed by atoms with Crippen molar-refractivity contribution in [3.05, 3.63) is 75.7 Å². The zero-order valence-corrected chi connectivity index (χ0v) is 17.9. The van der Waals surface area contributed by atoms with Gasteiger partial charge in [-0.05, 0) is 37.6 Å². The third kappa shape index (κ3) is 5.73. The molecule has 3 rings (SSSR count). The van der Waals surface area contributed by atoms with E-state index in [-0.39, 0.29) is 42.0 Å². The van der Waals surface area contributed by atoms with Gasteiger partial charge in [-0.3, -0.25) is 14.9 Å². The minimum atomic E-state index is -4.48. The highest BCUT2D eigenvalue weighted by Crippen LogP contribution is 2.29. The van der Waals surface area contributed by atoms with Crippen LogP contribution in [-0.2, 0) is 12.6 Å². The fourth-order valence-corrected chi connectivity index (χ4v) is 3.16. The number of benzene rings is 2. The van der Waals surface area contributed by atoms with E-state index in [1.54, 1.807) is 11.0 Å². The van der Waals surface area contributed by atoms with Crippen LogP contribution in [0.5, 0.6) is 0 Å². The normalized spacial score (nSPS) is 12.4. The number of hydrogen-bond donors (Lipinski definition) is 0. The highest BCUT2D eigenvalue weighted by atomic mass is 19.4. The van der Waals surface area contributed by atoms with Crippen LogP contribution in [0.25, 0.3) is 11.4 Å². The molecule has 0 N–H and O–H groups in total. The summed E-state index contributed by atoms with van der Waals surface area (Å²) >= 11 is 0. The van der Waals surface area contributed by atoms with Gasteiger partial charge in [-0.15, -0.1) is 0 Å². The Labute approximate surface area is 187 Å². The molecule has 0 aliphatic carbocycles. The maximum Gasteiger partial charge on any atom is 0.416 e. The predicted octanol–water partition coefficient (Wildman–Crippen LogP) is 5.15. The largest absolute Gasteiger partial charge is 0.416 e. The lowest BCUT2D eigenvalue weighted by Gasteiger charge is -2.28. The van der Waals surface area contributed by atoms with Gasteiger partial charge in [0.1, 0.15) is 0 Å². The van der Waals surface area contributed by atoms with Gasteiger partial charge in [0.05, 0.1) is 10.5 Å². The van der Waals surface area contributed by atoms with Crippen LogP contribution < -0.4 is 0 Å². The van der Waals surface area contributed by atoms with Crippen LogP contribution in [0.4, 0.5) is 18.9 Å². The molecule has 0 fully saturated rings. The number of nitro benzene ring substituents is 1. The van der Waals surface area contributed by atoms with Crippen molar-refractivity contribution in [2.45, 2.75) is 38.9 Å². The number of amides is 1. The van der Waals surface area contributed by atoms with E-state index in [0.717, 1.165) is 24.3 Å². The summed E-state index contributed by atoms with van der Waals surface area (Å²) in [6.07, 6.45) is -3.64. The van der Waals surface area contributed by atoms with Gasteiger partial charge in [-0.25, -0.2) is 0 Å². The first-order valence-corrected chi connectivity index (χ1v) is 10.2. The first-order valence-electron chi connectivity index (χ1n) is 10.2. The van der Waals surface area contributed by atoms with Crippen molar-refractivity contribution in [1.82, 2.24) is 15.0 Å². The van der Waals surface area contributed by atoms with E-state index >= 15 is 0 Å². The third-order valence-corrected chi connectivity index (χ3v) is 5.19. The van der Waals surface area contributed by atoms with E-state index in [4.69, 9.17) is 4.52 Å². The molecule has 0 aliphatic heterocycles. The maximum atomic E-state index is 13.0. The molecule has 1 heterocycles. The van der Waals surface area contributed by atoms with Crippen LogP contribution >= 0.6 is 0 Å². The summed E-state index contributed by atoms with van der Waals surface area (Å²) in [6, 6.07) is 9.70. The van der Waals surface area contributed by atoms with Gasteiger partial charge in [0.15, 0.2) is 0 Å². The van der Waals surface area contributed by atoms with Gasteiger partial charge in [0.25, 0.3) is 11.6 Å². The number of non-ortho nitro benzene ring substituents is 1. The van der Waals surface area contributed by atoms with Crippen molar-refractivity contribution < 1.29 is 27.4 Å². The second kappa shape index (κ2) is 9.80. The summed E-state index contributed by atoms with van der Waals surface area (Å²) in [7, 11) is 0. The molecule has 1 amide bonds. The Kier molecular flexibility index (Phi) is 7.10. The SMILES string of the molecule is CC[C@H](C)N(CCc1nc(-c2cccc([N+](=O)[O-])c2)no1)C(=O)c1ccc(C(F)(F)F)cc1. The summed E-state index contributed by atoms with van der Waals surface area (Å²) in [5.41, 5.74) is -0.373. The predicted molar refractivity (Wildman–Crippen MR) is 112 cm³/mol. The van der Waals surface area contributed by atoms with Crippen LogP contribution in [0.3, 0.4) is 0 Å². The number of rotatable bonds is 8. The van der Waals surface area contributed by atoms with Crippen molar-refractivity contribution >= 4 is 11.6 Å². The van der Waals surface area contributed by atoms with Crippen LogP contribution in [0, 0.1) is 10.1 Å². The Morgan fingerprint density at radius 2 is 1.91 bits per heavy atom. The van der Waals surface area contributed by atoms with Crippen LogP contribution in [0.1, 0.15) is 42.1 Å². The molecular formula is C22H21F3N4O4. The average molecular weight is 462 g/mol. The zero-order valence-electron chi connectivity index (χ0n) is 17.9. The van der Waals surface area contributed by atoms with Crippen LogP contribution in [0.2, 0.25) is 0 Å². The molecule has 33 heavy (non-hydrogen) atoms. The number of alkyl halides is 3. The Balaban J connectivity index is 1.74. The molecule has 0 saturated heterocycles. The molecule has 8 nitrogen and oxygen atoms in total. The molecule has 1 atom stereocenters. The lowest BCUT2D eigenvalue weighted by Crippen LogP contribution is -2.39. The standard InChI is InChI=1S/C22H21F3N4O4/c1-3-14(2)28(21(30)15-7-9-17(10-8-15)22(23,24)25)12-11-19-26-20(27-33-19)16-5-4-6-18(13-16)29(31)32/h4-10,13-14H,3,11-12H2,1-2H3/t14-/m0/s1. The summed E-state index contributed by atoms with van der Waals surface area (Å²) in [6.45, 7) is 3.93. The van der Waals surface area contributed by atoms with E-state index in [9.17, 15) is 28.1 Å². The maximum absolute atomic E-state index is 13.0. The molecule has 0 unspecified atom stereocenters. The summed E-state index contributed by atoms with van der Waals surface area (Å²) < 4.78 is 43.6. The number of carbonyl (C=O) groups is 1. The Hall–Kier alpha value is -3.76. The average Bonchev–Trinajstić information content (AvgIpc) is 3.27. The molecular weight excluding hydrogens is 441 g/mol. The van der Waals surface area contributed by atoms with Crippen LogP contribution in [-0.4, -0.2) is 38.5 Å². The van der Waals surface area contributed by atoms with E-state index in [1.807, 2.05) is 13.8 Å².